The van der Waals surface area contributed by atoms with E-state index in [4.69, 9.17) is 11.6 Å². The molecule has 2 N–H and O–H groups in total. The predicted octanol–water partition coefficient (Wildman–Crippen LogP) is 1.32. The molecule has 0 bridgehead atoms. The molecule has 1 amide bonds. The highest BCUT2D eigenvalue weighted by molar-refractivity contribution is 6.34. The third kappa shape index (κ3) is 2.64. The fourth-order valence-electron chi connectivity index (χ4n) is 1.54. The SMILES string of the molecule is CCn1cc(NC(=O)c2[nH]ncc2Cl)c(C(=O)OC)n1. The Morgan fingerprint density at radius 3 is 2.85 bits per heavy atom. The van der Waals surface area contributed by atoms with Crippen molar-refractivity contribution in [2.24, 2.45) is 0 Å². The Kier molecular flexibility index (Phi) is 4.04. The minimum Gasteiger partial charge on any atom is -0.464 e. The molecule has 2 aromatic heterocycles. The summed E-state index contributed by atoms with van der Waals surface area (Å²) in [6, 6.07) is 0. The minimum atomic E-state index is -0.636. The molecule has 2 heterocycles. The van der Waals surface area contributed by atoms with Gasteiger partial charge in [-0.2, -0.15) is 10.2 Å². The molecule has 0 aliphatic rings. The van der Waals surface area contributed by atoms with E-state index >= 15 is 0 Å². The number of H-pyrrole nitrogens is 1. The lowest BCUT2D eigenvalue weighted by molar-refractivity contribution is 0.0594. The molecule has 0 fully saturated rings. The number of anilines is 1. The maximum absolute atomic E-state index is 12.0. The molecule has 0 aromatic carbocycles. The number of carbonyl (C=O) groups excluding carboxylic acids is 2. The highest BCUT2D eigenvalue weighted by Gasteiger charge is 2.21. The smallest absolute Gasteiger partial charge is 0.360 e. The second-order valence-corrected chi connectivity index (χ2v) is 4.19. The van der Waals surface area contributed by atoms with E-state index in [9.17, 15) is 9.59 Å². The first-order chi connectivity index (χ1) is 9.56. The number of hydrogen-bond donors (Lipinski definition) is 2. The number of aromatic nitrogens is 4. The third-order valence-electron chi connectivity index (χ3n) is 2.53. The summed E-state index contributed by atoms with van der Waals surface area (Å²) in [4.78, 5) is 23.6. The number of aromatic amines is 1. The Morgan fingerprint density at radius 1 is 1.55 bits per heavy atom. The highest BCUT2D eigenvalue weighted by atomic mass is 35.5. The van der Waals surface area contributed by atoms with Crippen LogP contribution >= 0.6 is 11.6 Å². The van der Waals surface area contributed by atoms with Crippen LogP contribution in [0.25, 0.3) is 0 Å². The highest BCUT2D eigenvalue weighted by Crippen LogP contribution is 2.18. The molecular weight excluding hydrogens is 286 g/mol. The van der Waals surface area contributed by atoms with Crippen LogP contribution in [0.4, 0.5) is 5.69 Å². The summed E-state index contributed by atoms with van der Waals surface area (Å²) in [5, 5.41) is 12.9. The van der Waals surface area contributed by atoms with Crippen LogP contribution in [-0.4, -0.2) is 39.0 Å². The van der Waals surface area contributed by atoms with Crippen LogP contribution in [0, 0.1) is 0 Å². The monoisotopic (exact) mass is 297 g/mol. The van der Waals surface area contributed by atoms with Gasteiger partial charge < -0.3 is 10.1 Å². The Bertz CT molecular complexity index is 648. The van der Waals surface area contributed by atoms with Crippen molar-refractivity contribution < 1.29 is 14.3 Å². The van der Waals surface area contributed by atoms with Gasteiger partial charge >= 0.3 is 5.97 Å². The molecule has 0 saturated heterocycles. The molecule has 0 spiro atoms. The molecule has 2 rings (SSSR count). The number of ether oxygens (including phenoxy) is 1. The van der Waals surface area contributed by atoms with E-state index in [1.807, 2.05) is 6.92 Å². The summed E-state index contributed by atoms with van der Waals surface area (Å²) < 4.78 is 6.13. The maximum atomic E-state index is 12.0. The largest absolute Gasteiger partial charge is 0.464 e. The van der Waals surface area contributed by atoms with Crippen LogP contribution < -0.4 is 5.32 Å². The average Bonchev–Trinajstić information content (AvgIpc) is 3.04. The molecule has 0 atom stereocenters. The van der Waals surface area contributed by atoms with E-state index in [1.54, 1.807) is 0 Å². The number of methoxy groups -OCH3 is 1. The van der Waals surface area contributed by atoms with Crippen LogP contribution in [0.2, 0.25) is 5.02 Å². The van der Waals surface area contributed by atoms with Crippen molar-refractivity contribution >= 4 is 29.2 Å². The second kappa shape index (κ2) is 5.74. The van der Waals surface area contributed by atoms with Crippen molar-refractivity contribution in [3.63, 3.8) is 0 Å². The Labute approximate surface area is 119 Å². The Morgan fingerprint density at radius 2 is 2.30 bits per heavy atom. The predicted molar refractivity (Wildman–Crippen MR) is 70.8 cm³/mol. The molecule has 9 heteroatoms. The summed E-state index contributed by atoms with van der Waals surface area (Å²) in [7, 11) is 1.24. The average molecular weight is 298 g/mol. The van der Waals surface area contributed by atoms with Crippen LogP contribution in [-0.2, 0) is 11.3 Å². The molecule has 8 nitrogen and oxygen atoms in total. The van der Waals surface area contributed by atoms with Crippen LogP contribution in [0.1, 0.15) is 27.9 Å². The van der Waals surface area contributed by atoms with Crippen molar-refractivity contribution in [2.75, 3.05) is 12.4 Å². The second-order valence-electron chi connectivity index (χ2n) is 3.79. The van der Waals surface area contributed by atoms with Gasteiger partial charge in [0.05, 0.1) is 24.0 Å². The zero-order valence-electron chi connectivity index (χ0n) is 10.8. The van der Waals surface area contributed by atoms with Gasteiger partial charge in [0.25, 0.3) is 5.91 Å². The first-order valence-electron chi connectivity index (χ1n) is 5.72. The van der Waals surface area contributed by atoms with Gasteiger partial charge in [0.2, 0.25) is 0 Å². The summed E-state index contributed by atoms with van der Waals surface area (Å²) >= 11 is 5.80. The first kappa shape index (κ1) is 14.1. The normalized spacial score (nSPS) is 10.3. The van der Waals surface area contributed by atoms with Gasteiger partial charge in [0.1, 0.15) is 5.69 Å². The molecule has 0 aliphatic carbocycles. The van der Waals surface area contributed by atoms with Crippen molar-refractivity contribution in [1.29, 1.82) is 0 Å². The summed E-state index contributed by atoms with van der Waals surface area (Å²) in [6.07, 6.45) is 2.85. The van der Waals surface area contributed by atoms with E-state index < -0.39 is 11.9 Å². The van der Waals surface area contributed by atoms with Gasteiger partial charge in [-0.05, 0) is 6.92 Å². The molecule has 0 radical (unpaired) electrons. The molecule has 2 aromatic rings. The van der Waals surface area contributed by atoms with Gasteiger partial charge in [-0.15, -0.1) is 0 Å². The molecule has 0 aliphatic heterocycles. The van der Waals surface area contributed by atoms with Crippen molar-refractivity contribution in [3.8, 4) is 0 Å². The zero-order valence-corrected chi connectivity index (χ0v) is 11.6. The first-order valence-corrected chi connectivity index (χ1v) is 6.10. The number of rotatable bonds is 4. The molecule has 0 unspecified atom stereocenters. The van der Waals surface area contributed by atoms with E-state index in [-0.39, 0.29) is 22.1 Å². The Balaban J connectivity index is 2.29. The minimum absolute atomic E-state index is 0.0262. The maximum Gasteiger partial charge on any atom is 0.360 e. The number of aryl methyl sites for hydroxylation is 1. The number of esters is 1. The number of halogens is 1. The van der Waals surface area contributed by atoms with Gasteiger partial charge in [-0.25, -0.2) is 4.79 Å². The topological polar surface area (TPSA) is 102 Å². The van der Waals surface area contributed by atoms with Crippen molar-refractivity contribution in [3.05, 3.63) is 28.8 Å². The lowest BCUT2D eigenvalue weighted by atomic mass is 10.3. The number of nitrogens with one attached hydrogen (secondary N) is 2. The molecule has 0 saturated carbocycles. The quantitative estimate of drug-likeness (QED) is 0.829. The summed E-state index contributed by atoms with van der Waals surface area (Å²) in [5.41, 5.74) is 0.374. The standard InChI is InChI=1S/C11H12ClN5O3/c1-3-17-5-7(9(16-17)11(19)20-2)14-10(18)8-6(12)4-13-15-8/h4-5H,3H2,1-2H3,(H,13,15)(H,14,18). The van der Waals surface area contributed by atoms with E-state index in [0.29, 0.717) is 6.54 Å². The van der Waals surface area contributed by atoms with Crippen LogP contribution in [0.5, 0.6) is 0 Å². The van der Waals surface area contributed by atoms with Crippen molar-refractivity contribution in [2.45, 2.75) is 13.5 Å². The molecule has 20 heavy (non-hydrogen) atoms. The molecular formula is C11H12ClN5O3. The van der Waals surface area contributed by atoms with E-state index in [2.05, 4.69) is 25.3 Å². The van der Waals surface area contributed by atoms with Crippen LogP contribution in [0.15, 0.2) is 12.4 Å². The Hall–Kier alpha value is -2.35. The van der Waals surface area contributed by atoms with E-state index in [1.165, 1.54) is 24.2 Å². The van der Waals surface area contributed by atoms with Crippen molar-refractivity contribution in [1.82, 2.24) is 20.0 Å². The third-order valence-corrected chi connectivity index (χ3v) is 2.82. The summed E-state index contributed by atoms with van der Waals surface area (Å²) in [5.74, 6) is -1.16. The fourth-order valence-corrected chi connectivity index (χ4v) is 1.71. The lowest BCUT2D eigenvalue weighted by Gasteiger charge is -2.02. The molecule has 106 valence electrons. The summed E-state index contributed by atoms with van der Waals surface area (Å²) in [6.45, 7) is 2.40. The number of amides is 1. The van der Waals surface area contributed by atoms with Gasteiger partial charge in [0.15, 0.2) is 5.69 Å². The number of nitrogens with zero attached hydrogens (tertiary/aromatic N) is 3. The van der Waals surface area contributed by atoms with Gasteiger partial charge in [-0.3, -0.25) is 14.6 Å². The fraction of sp³-hybridized carbons (Fsp3) is 0.273. The van der Waals surface area contributed by atoms with Gasteiger partial charge in [0, 0.05) is 12.7 Å². The van der Waals surface area contributed by atoms with E-state index in [0.717, 1.165) is 0 Å². The number of carbonyl (C=O) groups is 2. The van der Waals surface area contributed by atoms with Gasteiger partial charge in [-0.1, -0.05) is 11.6 Å². The zero-order chi connectivity index (χ0) is 14.7. The number of hydrogen-bond acceptors (Lipinski definition) is 5. The lowest BCUT2D eigenvalue weighted by Crippen LogP contribution is -2.15. The van der Waals surface area contributed by atoms with Crippen LogP contribution in [0.3, 0.4) is 0 Å².